The Morgan fingerprint density at radius 1 is 1.41 bits per heavy atom. The second-order valence-electron chi connectivity index (χ2n) is 3.51. The van der Waals surface area contributed by atoms with E-state index in [-0.39, 0.29) is 5.95 Å². The van der Waals surface area contributed by atoms with Gasteiger partial charge in [0.2, 0.25) is 5.95 Å². The number of nitrogens with one attached hydrogen (secondary N) is 1. The number of aryl methyl sites for hydroxylation is 1. The Balaban J connectivity index is 2.31. The van der Waals surface area contributed by atoms with E-state index in [0.29, 0.717) is 10.8 Å². The van der Waals surface area contributed by atoms with E-state index in [1.54, 1.807) is 12.3 Å². The third kappa shape index (κ3) is 2.87. The summed E-state index contributed by atoms with van der Waals surface area (Å²) in [6.45, 7) is 1.91. The van der Waals surface area contributed by atoms with Crippen LogP contribution in [0.25, 0.3) is 0 Å². The highest BCUT2D eigenvalue weighted by molar-refractivity contribution is 9.10. The zero-order valence-electron chi connectivity index (χ0n) is 9.04. The summed E-state index contributed by atoms with van der Waals surface area (Å²) in [5.74, 6) is 0.929. The fraction of sp³-hybridized carbons (Fsp3) is 0.0909. The minimum atomic E-state index is 0.242. The molecule has 0 fully saturated rings. The summed E-state index contributed by atoms with van der Waals surface area (Å²) >= 11 is 9.28. The monoisotopic (exact) mass is 312 g/mol. The summed E-state index contributed by atoms with van der Waals surface area (Å²) in [5.41, 5.74) is 7.34. The van der Waals surface area contributed by atoms with Crippen molar-refractivity contribution in [3.05, 3.63) is 39.5 Å². The first-order chi connectivity index (χ1) is 8.06. The molecule has 17 heavy (non-hydrogen) atoms. The molecule has 0 spiro atoms. The maximum atomic E-state index is 5.92. The molecule has 0 aliphatic rings. The first kappa shape index (κ1) is 12.1. The van der Waals surface area contributed by atoms with Gasteiger partial charge in [0, 0.05) is 21.9 Å². The maximum Gasteiger partial charge on any atom is 0.221 e. The van der Waals surface area contributed by atoms with Crippen molar-refractivity contribution in [2.45, 2.75) is 6.92 Å². The highest BCUT2D eigenvalue weighted by Crippen LogP contribution is 2.27. The Morgan fingerprint density at radius 2 is 2.18 bits per heavy atom. The number of nitrogens with two attached hydrogens (primary N) is 1. The molecule has 1 aromatic carbocycles. The largest absolute Gasteiger partial charge is 0.368 e. The van der Waals surface area contributed by atoms with Crippen LogP contribution in [-0.2, 0) is 0 Å². The van der Waals surface area contributed by atoms with Crippen LogP contribution >= 0.6 is 27.5 Å². The van der Waals surface area contributed by atoms with E-state index in [4.69, 9.17) is 17.3 Å². The topological polar surface area (TPSA) is 63.8 Å². The van der Waals surface area contributed by atoms with Crippen molar-refractivity contribution in [3.8, 4) is 0 Å². The smallest absolute Gasteiger partial charge is 0.221 e. The number of hydrogen-bond donors (Lipinski definition) is 2. The Hall–Kier alpha value is -1.33. The van der Waals surface area contributed by atoms with E-state index < -0.39 is 0 Å². The molecule has 2 aromatic rings. The lowest BCUT2D eigenvalue weighted by Gasteiger charge is -2.09. The van der Waals surface area contributed by atoms with Crippen LogP contribution in [0.5, 0.6) is 0 Å². The molecule has 0 atom stereocenters. The minimum absolute atomic E-state index is 0.242. The molecule has 0 saturated carbocycles. The van der Waals surface area contributed by atoms with E-state index in [1.807, 2.05) is 19.1 Å². The first-order valence-corrected chi connectivity index (χ1v) is 6.04. The number of anilines is 3. The average molecular weight is 314 g/mol. The van der Waals surface area contributed by atoms with E-state index in [2.05, 4.69) is 31.2 Å². The van der Waals surface area contributed by atoms with Gasteiger partial charge in [-0.1, -0.05) is 11.6 Å². The van der Waals surface area contributed by atoms with Gasteiger partial charge in [-0.15, -0.1) is 0 Å². The summed E-state index contributed by atoms with van der Waals surface area (Å²) in [4.78, 5) is 8.04. The number of nitrogens with zero attached hydrogens (tertiary/aromatic N) is 2. The molecule has 1 aromatic heterocycles. The molecule has 0 saturated heterocycles. The molecule has 0 aliphatic heterocycles. The van der Waals surface area contributed by atoms with Crippen LogP contribution < -0.4 is 11.1 Å². The lowest BCUT2D eigenvalue weighted by molar-refractivity contribution is 1.15. The van der Waals surface area contributed by atoms with Gasteiger partial charge >= 0.3 is 0 Å². The van der Waals surface area contributed by atoms with Crippen LogP contribution in [0.1, 0.15) is 5.56 Å². The van der Waals surface area contributed by atoms with E-state index in [9.17, 15) is 0 Å². The zero-order chi connectivity index (χ0) is 12.4. The van der Waals surface area contributed by atoms with Crippen molar-refractivity contribution in [1.29, 1.82) is 0 Å². The van der Waals surface area contributed by atoms with Crippen LogP contribution in [0.15, 0.2) is 28.9 Å². The second-order valence-corrected chi connectivity index (χ2v) is 4.78. The Labute approximate surface area is 112 Å². The molecular formula is C11H10BrClN4. The van der Waals surface area contributed by atoms with E-state index in [1.165, 1.54) is 0 Å². The predicted octanol–water partition coefficient (Wildman–Crippen LogP) is 3.53. The number of halogens is 2. The molecule has 88 valence electrons. The highest BCUT2D eigenvalue weighted by atomic mass is 79.9. The molecule has 0 radical (unpaired) electrons. The lowest BCUT2D eigenvalue weighted by atomic mass is 10.3. The fourth-order valence-corrected chi connectivity index (χ4v) is 1.79. The van der Waals surface area contributed by atoms with Crippen molar-refractivity contribution in [1.82, 2.24) is 9.97 Å². The molecule has 0 amide bonds. The van der Waals surface area contributed by atoms with Crippen LogP contribution in [0.3, 0.4) is 0 Å². The van der Waals surface area contributed by atoms with E-state index >= 15 is 0 Å². The van der Waals surface area contributed by atoms with Crippen molar-refractivity contribution < 1.29 is 0 Å². The Kier molecular flexibility index (Phi) is 3.49. The molecular weight excluding hydrogens is 304 g/mol. The molecule has 3 N–H and O–H groups in total. The van der Waals surface area contributed by atoms with Crippen molar-refractivity contribution >= 4 is 45.0 Å². The van der Waals surface area contributed by atoms with Gasteiger partial charge in [0.05, 0.1) is 5.02 Å². The molecule has 0 bridgehead atoms. The molecule has 0 unspecified atom stereocenters. The molecule has 6 heteroatoms. The van der Waals surface area contributed by atoms with Gasteiger partial charge in [-0.25, -0.2) is 4.98 Å². The Morgan fingerprint density at radius 3 is 2.88 bits per heavy atom. The van der Waals surface area contributed by atoms with Gasteiger partial charge in [0.1, 0.15) is 5.82 Å². The third-order valence-corrected chi connectivity index (χ3v) is 3.39. The van der Waals surface area contributed by atoms with Gasteiger partial charge in [-0.05, 0) is 41.1 Å². The van der Waals surface area contributed by atoms with Gasteiger partial charge in [-0.2, -0.15) is 4.98 Å². The van der Waals surface area contributed by atoms with Gasteiger partial charge in [0.25, 0.3) is 0 Å². The van der Waals surface area contributed by atoms with Crippen LogP contribution in [-0.4, -0.2) is 9.97 Å². The average Bonchev–Trinajstić information content (AvgIpc) is 2.29. The van der Waals surface area contributed by atoms with Crippen LogP contribution in [0.4, 0.5) is 17.5 Å². The number of hydrogen-bond acceptors (Lipinski definition) is 4. The second kappa shape index (κ2) is 4.89. The third-order valence-electron chi connectivity index (χ3n) is 2.17. The van der Waals surface area contributed by atoms with Crippen LogP contribution in [0, 0.1) is 6.92 Å². The fourth-order valence-electron chi connectivity index (χ4n) is 1.29. The standard InChI is InChI=1S/C11H10BrClN4/c1-6-5-15-11(14)17-10(6)16-7-2-3-9(13)8(12)4-7/h2-5H,1H3,(H3,14,15,16,17). The molecule has 4 nitrogen and oxygen atoms in total. The van der Waals surface area contributed by atoms with Crippen molar-refractivity contribution in [2.75, 3.05) is 11.1 Å². The normalized spacial score (nSPS) is 10.3. The number of aromatic nitrogens is 2. The highest BCUT2D eigenvalue weighted by Gasteiger charge is 2.04. The summed E-state index contributed by atoms with van der Waals surface area (Å²) in [6, 6.07) is 5.54. The quantitative estimate of drug-likeness (QED) is 0.890. The Bertz CT molecular complexity index is 559. The predicted molar refractivity (Wildman–Crippen MR) is 73.6 cm³/mol. The minimum Gasteiger partial charge on any atom is -0.368 e. The maximum absolute atomic E-state index is 5.92. The zero-order valence-corrected chi connectivity index (χ0v) is 11.4. The lowest BCUT2D eigenvalue weighted by Crippen LogP contribution is -2.01. The summed E-state index contributed by atoms with van der Waals surface area (Å²) in [6.07, 6.45) is 1.68. The van der Waals surface area contributed by atoms with Crippen molar-refractivity contribution in [2.24, 2.45) is 0 Å². The number of rotatable bonds is 2. The van der Waals surface area contributed by atoms with Gasteiger partial charge < -0.3 is 11.1 Å². The summed E-state index contributed by atoms with van der Waals surface area (Å²) < 4.78 is 0.823. The molecule has 2 rings (SSSR count). The number of nitrogen functional groups attached to an aromatic ring is 1. The number of benzene rings is 1. The van der Waals surface area contributed by atoms with Crippen LogP contribution in [0.2, 0.25) is 5.02 Å². The molecule has 0 aliphatic carbocycles. The summed E-state index contributed by atoms with van der Waals surface area (Å²) in [5, 5.41) is 3.82. The van der Waals surface area contributed by atoms with Crippen molar-refractivity contribution in [3.63, 3.8) is 0 Å². The SMILES string of the molecule is Cc1cnc(N)nc1Nc1ccc(Cl)c(Br)c1. The first-order valence-electron chi connectivity index (χ1n) is 4.87. The van der Waals surface area contributed by atoms with Gasteiger partial charge in [-0.3, -0.25) is 0 Å². The van der Waals surface area contributed by atoms with E-state index in [0.717, 1.165) is 15.7 Å². The summed E-state index contributed by atoms with van der Waals surface area (Å²) in [7, 11) is 0. The molecule has 1 heterocycles. The van der Waals surface area contributed by atoms with Gasteiger partial charge in [0.15, 0.2) is 0 Å².